The number of nitrogens with one attached hydrogen (secondary N) is 1. The third-order valence-corrected chi connectivity index (χ3v) is 3.87. The van der Waals surface area contributed by atoms with Gasteiger partial charge in [0, 0.05) is 11.6 Å². The molecule has 1 aromatic heterocycles. The summed E-state index contributed by atoms with van der Waals surface area (Å²) >= 11 is 1.29. The van der Waals surface area contributed by atoms with Gasteiger partial charge < -0.3 is 14.8 Å². The highest BCUT2D eigenvalue weighted by molar-refractivity contribution is 7.12. The van der Waals surface area contributed by atoms with E-state index in [1.807, 2.05) is 6.07 Å². The quantitative estimate of drug-likeness (QED) is 0.801. The maximum absolute atomic E-state index is 12.4. The summed E-state index contributed by atoms with van der Waals surface area (Å²) in [4.78, 5) is 12.4. The van der Waals surface area contributed by atoms with Crippen LogP contribution in [0.5, 0.6) is 11.5 Å². The molecule has 22 heavy (non-hydrogen) atoms. The first-order chi connectivity index (χ1) is 10.7. The number of carbonyl (C=O) groups excluding carboxylic acids is 1. The number of aromatic nitrogens is 2. The molecule has 0 fully saturated rings. The van der Waals surface area contributed by atoms with Crippen LogP contribution in [0.4, 0.5) is 5.69 Å². The second-order valence-corrected chi connectivity index (χ2v) is 5.26. The van der Waals surface area contributed by atoms with Gasteiger partial charge in [-0.1, -0.05) is 4.49 Å². The molecular formula is C15H13N3O3S. The monoisotopic (exact) mass is 315 g/mol. The Bertz CT molecular complexity index is 832. The predicted molar refractivity (Wildman–Crippen MR) is 84.9 cm³/mol. The number of methoxy groups -OCH3 is 2. The Balaban J connectivity index is 1.89. The van der Waals surface area contributed by atoms with Crippen LogP contribution in [0.1, 0.15) is 10.4 Å². The summed E-state index contributed by atoms with van der Waals surface area (Å²) in [6.07, 6.45) is 0. The van der Waals surface area contributed by atoms with Crippen molar-refractivity contribution in [2.75, 3.05) is 19.5 Å². The average Bonchev–Trinajstić information content (AvgIpc) is 3.02. The number of ether oxygens (including phenoxy) is 2. The van der Waals surface area contributed by atoms with Crippen molar-refractivity contribution in [3.05, 3.63) is 42.0 Å². The van der Waals surface area contributed by atoms with E-state index in [1.165, 1.54) is 11.5 Å². The van der Waals surface area contributed by atoms with Crippen LogP contribution in [0.2, 0.25) is 0 Å². The lowest BCUT2D eigenvalue weighted by Crippen LogP contribution is -2.12. The minimum absolute atomic E-state index is 0.249. The number of hydrogen-bond acceptors (Lipinski definition) is 6. The Morgan fingerprint density at radius 1 is 1.14 bits per heavy atom. The topological polar surface area (TPSA) is 73.3 Å². The number of nitrogens with zero attached hydrogens (tertiary/aromatic N) is 2. The van der Waals surface area contributed by atoms with Gasteiger partial charge in [-0.3, -0.25) is 4.79 Å². The number of amides is 1. The molecule has 2 aromatic carbocycles. The lowest BCUT2D eigenvalue weighted by Gasteiger charge is -2.11. The third-order valence-electron chi connectivity index (χ3n) is 3.16. The smallest absolute Gasteiger partial charge is 0.255 e. The molecule has 1 heterocycles. The highest BCUT2D eigenvalue weighted by Gasteiger charge is 2.12. The second kappa shape index (κ2) is 5.98. The summed E-state index contributed by atoms with van der Waals surface area (Å²) in [6, 6.07) is 10.5. The lowest BCUT2D eigenvalue weighted by atomic mass is 10.2. The fraction of sp³-hybridized carbons (Fsp3) is 0.133. The fourth-order valence-electron chi connectivity index (χ4n) is 2.03. The van der Waals surface area contributed by atoms with Crippen molar-refractivity contribution >= 4 is 33.3 Å². The van der Waals surface area contributed by atoms with Crippen LogP contribution in [0, 0.1) is 0 Å². The largest absolute Gasteiger partial charge is 0.497 e. The molecule has 0 aliphatic heterocycles. The van der Waals surface area contributed by atoms with E-state index in [0.29, 0.717) is 28.3 Å². The molecule has 3 aromatic rings. The van der Waals surface area contributed by atoms with E-state index >= 15 is 0 Å². The first-order valence-electron chi connectivity index (χ1n) is 6.47. The molecule has 0 spiro atoms. The van der Waals surface area contributed by atoms with E-state index in [0.717, 1.165) is 4.70 Å². The van der Waals surface area contributed by atoms with Gasteiger partial charge in [-0.2, -0.15) is 0 Å². The Hall–Kier alpha value is -2.67. The van der Waals surface area contributed by atoms with Crippen LogP contribution in [0.25, 0.3) is 10.2 Å². The van der Waals surface area contributed by atoms with Crippen molar-refractivity contribution in [1.82, 2.24) is 9.59 Å². The summed E-state index contributed by atoms with van der Waals surface area (Å²) in [6.45, 7) is 0. The Labute approximate surface area is 130 Å². The Kier molecular flexibility index (Phi) is 3.88. The summed E-state index contributed by atoms with van der Waals surface area (Å²) in [7, 11) is 3.11. The highest BCUT2D eigenvalue weighted by atomic mass is 32.1. The molecule has 0 atom stereocenters. The van der Waals surface area contributed by atoms with Gasteiger partial charge in [-0.15, -0.1) is 5.10 Å². The molecule has 0 unspecified atom stereocenters. The first-order valence-corrected chi connectivity index (χ1v) is 7.24. The van der Waals surface area contributed by atoms with Crippen molar-refractivity contribution in [1.29, 1.82) is 0 Å². The van der Waals surface area contributed by atoms with Gasteiger partial charge in [0.2, 0.25) is 0 Å². The van der Waals surface area contributed by atoms with Crippen molar-refractivity contribution in [2.45, 2.75) is 0 Å². The fourth-order valence-corrected chi connectivity index (χ4v) is 2.57. The van der Waals surface area contributed by atoms with Gasteiger partial charge >= 0.3 is 0 Å². The van der Waals surface area contributed by atoms with E-state index in [1.54, 1.807) is 44.6 Å². The molecule has 0 aliphatic carbocycles. The molecule has 0 bridgehead atoms. The van der Waals surface area contributed by atoms with Crippen LogP contribution in [-0.2, 0) is 0 Å². The second-order valence-electron chi connectivity index (χ2n) is 4.48. The molecule has 0 saturated heterocycles. The molecule has 3 rings (SSSR count). The summed E-state index contributed by atoms with van der Waals surface area (Å²) in [5.74, 6) is 0.947. The van der Waals surface area contributed by atoms with E-state index in [9.17, 15) is 4.79 Å². The van der Waals surface area contributed by atoms with Gasteiger partial charge in [0.25, 0.3) is 5.91 Å². The molecule has 1 amide bonds. The van der Waals surface area contributed by atoms with Crippen molar-refractivity contribution in [3.63, 3.8) is 0 Å². The molecule has 0 saturated carbocycles. The molecular weight excluding hydrogens is 302 g/mol. The molecule has 1 N–H and O–H groups in total. The van der Waals surface area contributed by atoms with Crippen molar-refractivity contribution < 1.29 is 14.3 Å². The maximum Gasteiger partial charge on any atom is 0.255 e. The molecule has 0 aliphatic rings. The normalized spacial score (nSPS) is 10.5. The van der Waals surface area contributed by atoms with E-state index < -0.39 is 0 Å². The van der Waals surface area contributed by atoms with Crippen molar-refractivity contribution in [3.8, 4) is 11.5 Å². The van der Waals surface area contributed by atoms with E-state index in [4.69, 9.17) is 9.47 Å². The number of anilines is 1. The molecule has 7 heteroatoms. The third kappa shape index (κ3) is 2.71. The maximum atomic E-state index is 12.4. The highest BCUT2D eigenvalue weighted by Crippen LogP contribution is 2.29. The number of benzene rings is 2. The van der Waals surface area contributed by atoms with Crippen LogP contribution in [0.3, 0.4) is 0 Å². The predicted octanol–water partition coefficient (Wildman–Crippen LogP) is 2.96. The summed E-state index contributed by atoms with van der Waals surface area (Å²) in [5, 5.41) is 6.79. The Morgan fingerprint density at radius 3 is 2.77 bits per heavy atom. The number of hydrogen-bond donors (Lipinski definition) is 1. The molecule has 112 valence electrons. The zero-order valence-corrected chi connectivity index (χ0v) is 12.8. The van der Waals surface area contributed by atoms with Gasteiger partial charge in [-0.05, 0) is 41.9 Å². The minimum Gasteiger partial charge on any atom is -0.497 e. The molecule has 6 nitrogen and oxygen atoms in total. The van der Waals surface area contributed by atoms with Gasteiger partial charge in [0.15, 0.2) is 0 Å². The average molecular weight is 315 g/mol. The summed E-state index contributed by atoms with van der Waals surface area (Å²) < 4.78 is 15.2. The Morgan fingerprint density at radius 2 is 2.00 bits per heavy atom. The first kappa shape index (κ1) is 14.3. The summed E-state index contributed by atoms with van der Waals surface area (Å²) in [5.41, 5.74) is 1.75. The number of carbonyl (C=O) groups is 1. The number of fused-ring (bicyclic) bond motifs is 1. The van der Waals surface area contributed by atoms with Crippen LogP contribution >= 0.6 is 11.5 Å². The van der Waals surface area contributed by atoms with Crippen LogP contribution in [-0.4, -0.2) is 29.7 Å². The lowest BCUT2D eigenvalue weighted by molar-refractivity contribution is 0.102. The van der Waals surface area contributed by atoms with Gasteiger partial charge in [0.05, 0.1) is 24.6 Å². The van der Waals surface area contributed by atoms with Gasteiger partial charge in [-0.25, -0.2) is 0 Å². The SMILES string of the molecule is COc1ccc(OC)c(NC(=O)c2ccc3snnc3c2)c1. The standard InChI is InChI=1S/C15H13N3O3S/c1-20-10-4-5-13(21-2)11(8-10)16-15(19)9-3-6-14-12(7-9)17-18-22-14/h3-8H,1-2H3,(H,16,19). The van der Waals surface area contributed by atoms with E-state index in [2.05, 4.69) is 14.9 Å². The van der Waals surface area contributed by atoms with E-state index in [-0.39, 0.29) is 5.91 Å². The van der Waals surface area contributed by atoms with Gasteiger partial charge in [0.1, 0.15) is 17.0 Å². The molecule has 0 radical (unpaired) electrons. The minimum atomic E-state index is -0.249. The zero-order valence-electron chi connectivity index (χ0n) is 12.0. The number of rotatable bonds is 4. The van der Waals surface area contributed by atoms with Crippen LogP contribution in [0.15, 0.2) is 36.4 Å². The van der Waals surface area contributed by atoms with Crippen LogP contribution < -0.4 is 14.8 Å². The van der Waals surface area contributed by atoms with Crippen molar-refractivity contribution in [2.24, 2.45) is 0 Å². The zero-order chi connectivity index (χ0) is 15.5.